The largest absolute Gasteiger partial charge is 0.497 e. The van der Waals surface area contributed by atoms with Crippen molar-refractivity contribution in [2.24, 2.45) is 0 Å². The number of thiophene rings is 1. The van der Waals surface area contributed by atoms with E-state index in [1.54, 1.807) is 25.6 Å². The molecule has 0 aliphatic carbocycles. The fourth-order valence-corrected chi connectivity index (χ4v) is 4.89. The maximum Gasteiger partial charge on any atom is 0.241 e. The molecule has 3 aromatic rings. The summed E-state index contributed by atoms with van der Waals surface area (Å²) in [5.41, 5.74) is 0.787. The Morgan fingerprint density at radius 3 is 2.45 bits per heavy atom. The molecule has 0 bridgehead atoms. The Labute approximate surface area is 182 Å². The van der Waals surface area contributed by atoms with Gasteiger partial charge in [-0.3, -0.25) is 9.80 Å². The third-order valence-electron chi connectivity index (χ3n) is 4.95. The molecule has 4 rings (SSSR count). The van der Waals surface area contributed by atoms with Gasteiger partial charge in [0.15, 0.2) is 0 Å². The second-order valence-corrected chi connectivity index (χ2v) is 9.38. The lowest BCUT2D eigenvalue weighted by molar-refractivity contribution is 0.113. The van der Waals surface area contributed by atoms with E-state index >= 15 is 0 Å². The topological polar surface area (TPSA) is 63.9 Å². The van der Waals surface area contributed by atoms with Crippen LogP contribution in [-0.2, 0) is 13.1 Å². The summed E-state index contributed by atoms with van der Waals surface area (Å²) in [5.74, 6) is 2.53. The van der Waals surface area contributed by atoms with Gasteiger partial charge < -0.3 is 14.0 Å². The summed E-state index contributed by atoms with van der Waals surface area (Å²) in [5, 5.41) is 4.14. The molecular formula is C20H23BrN4O3S. The number of methoxy groups -OCH3 is 2. The van der Waals surface area contributed by atoms with E-state index in [9.17, 15) is 0 Å². The lowest BCUT2D eigenvalue weighted by Gasteiger charge is -2.33. The van der Waals surface area contributed by atoms with E-state index < -0.39 is 0 Å². The number of ether oxygens (including phenoxy) is 2. The second kappa shape index (κ2) is 9.25. The van der Waals surface area contributed by atoms with Crippen molar-refractivity contribution >= 4 is 27.3 Å². The highest BCUT2D eigenvalue weighted by molar-refractivity contribution is 9.11. The van der Waals surface area contributed by atoms with E-state index in [1.807, 2.05) is 18.2 Å². The first-order valence-corrected chi connectivity index (χ1v) is 11.0. The zero-order valence-electron chi connectivity index (χ0n) is 16.4. The zero-order valence-corrected chi connectivity index (χ0v) is 18.8. The lowest BCUT2D eigenvalue weighted by atomic mass is 10.2. The van der Waals surface area contributed by atoms with Crippen molar-refractivity contribution in [2.75, 3.05) is 40.4 Å². The van der Waals surface area contributed by atoms with Gasteiger partial charge in [0.05, 0.1) is 30.1 Å². The molecule has 0 saturated carbocycles. The lowest BCUT2D eigenvalue weighted by Crippen LogP contribution is -2.45. The summed E-state index contributed by atoms with van der Waals surface area (Å²) in [7, 11) is 3.24. The predicted molar refractivity (Wildman–Crippen MR) is 115 cm³/mol. The van der Waals surface area contributed by atoms with E-state index in [0.717, 1.165) is 44.0 Å². The first-order chi connectivity index (χ1) is 14.1. The van der Waals surface area contributed by atoms with Gasteiger partial charge in [0.25, 0.3) is 0 Å². The van der Waals surface area contributed by atoms with Gasteiger partial charge in [-0.2, -0.15) is 4.98 Å². The molecule has 1 aromatic carbocycles. The van der Waals surface area contributed by atoms with Crippen molar-refractivity contribution in [1.82, 2.24) is 19.9 Å². The molecule has 3 heterocycles. The molecule has 1 aliphatic heterocycles. The minimum absolute atomic E-state index is 0.529. The number of piperazine rings is 1. The van der Waals surface area contributed by atoms with Crippen molar-refractivity contribution in [2.45, 2.75) is 13.1 Å². The molecule has 1 saturated heterocycles. The molecule has 0 spiro atoms. The molecule has 0 N–H and O–H groups in total. The summed E-state index contributed by atoms with van der Waals surface area (Å²) >= 11 is 5.33. The molecular weight excluding hydrogens is 456 g/mol. The van der Waals surface area contributed by atoms with Crippen LogP contribution in [0.25, 0.3) is 11.4 Å². The number of nitrogens with zero attached hydrogens (tertiary/aromatic N) is 4. The summed E-state index contributed by atoms with van der Waals surface area (Å²) in [4.78, 5) is 10.8. The van der Waals surface area contributed by atoms with Crippen molar-refractivity contribution in [3.05, 3.63) is 44.9 Å². The average molecular weight is 479 g/mol. The van der Waals surface area contributed by atoms with E-state index in [2.05, 4.69) is 48.0 Å². The summed E-state index contributed by atoms with van der Waals surface area (Å²) in [6.45, 7) is 5.69. The number of rotatable bonds is 7. The Hall–Kier alpha value is -1.94. The summed E-state index contributed by atoms with van der Waals surface area (Å²) < 4.78 is 17.4. The Morgan fingerprint density at radius 1 is 1.03 bits per heavy atom. The third-order valence-corrected chi connectivity index (χ3v) is 6.56. The van der Waals surface area contributed by atoms with Gasteiger partial charge in [-0.15, -0.1) is 11.3 Å². The van der Waals surface area contributed by atoms with Gasteiger partial charge in [-0.05, 0) is 40.2 Å². The minimum atomic E-state index is 0.529. The maximum atomic E-state index is 5.50. The van der Waals surface area contributed by atoms with Crippen LogP contribution in [-0.4, -0.2) is 60.3 Å². The van der Waals surface area contributed by atoms with Crippen molar-refractivity contribution < 1.29 is 14.0 Å². The van der Waals surface area contributed by atoms with Gasteiger partial charge in [0.1, 0.15) is 11.5 Å². The Kier molecular flexibility index (Phi) is 6.49. The molecule has 0 unspecified atom stereocenters. The van der Waals surface area contributed by atoms with Gasteiger partial charge >= 0.3 is 0 Å². The summed E-state index contributed by atoms with van der Waals surface area (Å²) in [6.07, 6.45) is 0. The standard InChI is InChI=1S/C20H23BrN4O3S/c1-26-14-3-5-16(17(11-14)27-2)20-22-19(28-23-20)13-25-9-7-24(8-10-25)12-15-4-6-18(21)29-15/h3-6,11H,7-10,12-13H2,1-2H3. The van der Waals surface area contributed by atoms with Gasteiger partial charge in [0.2, 0.25) is 11.7 Å². The molecule has 1 fully saturated rings. The Morgan fingerprint density at radius 2 is 1.79 bits per heavy atom. The van der Waals surface area contributed by atoms with Crippen LogP contribution in [0.1, 0.15) is 10.8 Å². The maximum absolute atomic E-state index is 5.50. The SMILES string of the molecule is COc1ccc(-c2noc(CN3CCN(Cc4ccc(Br)s4)CC3)n2)c(OC)c1. The van der Waals surface area contributed by atoms with Crippen LogP contribution in [0.2, 0.25) is 0 Å². The van der Waals surface area contributed by atoms with Crippen LogP contribution >= 0.6 is 27.3 Å². The smallest absolute Gasteiger partial charge is 0.241 e. The number of hydrogen-bond donors (Lipinski definition) is 0. The number of halogens is 1. The number of hydrogen-bond acceptors (Lipinski definition) is 8. The van der Waals surface area contributed by atoms with Crippen molar-refractivity contribution in [1.29, 1.82) is 0 Å². The molecule has 0 amide bonds. The third kappa shape index (κ3) is 4.98. The van der Waals surface area contributed by atoms with E-state index in [1.165, 1.54) is 8.66 Å². The first kappa shape index (κ1) is 20.3. The molecule has 0 radical (unpaired) electrons. The molecule has 7 nitrogen and oxygen atoms in total. The summed E-state index contributed by atoms with van der Waals surface area (Å²) in [6, 6.07) is 9.86. The van der Waals surface area contributed by atoms with Crippen LogP contribution in [0, 0.1) is 0 Å². The molecule has 9 heteroatoms. The molecule has 2 aromatic heterocycles. The quantitative estimate of drug-likeness (QED) is 0.510. The number of benzene rings is 1. The normalized spacial score (nSPS) is 15.6. The van der Waals surface area contributed by atoms with Crippen LogP contribution in [0.15, 0.2) is 38.6 Å². The number of aromatic nitrogens is 2. The molecule has 0 atom stereocenters. The Bertz CT molecular complexity index is 953. The Balaban J connectivity index is 1.34. The highest BCUT2D eigenvalue weighted by Gasteiger charge is 2.21. The first-order valence-electron chi connectivity index (χ1n) is 9.38. The zero-order chi connectivity index (χ0) is 20.2. The van der Waals surface area contributed by atoms with Crippen LogP contribution in [0.5, 0.6) is 11.5 Å². The predicted octanol–water partition coefficient (Wildman–Crippen LogP) is 3.90. The molecule has 29 heavy (non-hydrogen) atoms. The van der Waals surface area contributed by atoms with E-state index in [-0.39, 0.29) is 0 Å². The van der Waals surface area contributed by atoms with Crippen molar-refractivity contribution in [3.63, 3.8) is 0 Å². The van der Waals surface area contributed by atoms with Crippen LogP contribution in [0.3, 0.4) is 0 Å². The van der Waals surface area contributed by atoms with Crippen LogP contribution < -0.4 is 9.47 Å². The molecule has 1 aliphatic rings. The fourth-order valence-electron chi connectivity index (χ4n) is 3.37. The van der Waals surface area contributed by atoms with E-state index in [4.69, 9.17) is 14.0 Å². The van der Waals surface area contributed by atoms with Gasteiger partial charge in [0, 0.05) is 43.7 Å². The minimum Gasteiger partial charge on any atom is -0.497 e. The highest BCUT2D eigenvalue weighted by atomic mass is 79.9. The van der Waals surface area contributed by atoms with Gasteiger partial charge in [-0.25, -0.2) is 0 Å². The second-order valence-electron chi connectivity index (χ2n) is 6.84. The average Bonchev–Trinajstić information content (AvgIpc) is 3.37. The molecule has 154 valence electrons. The highest BCUT2D eigenvalue weighted by Crippen LogP contribution is 2.31. The van der Waals surface area contributed by atoms with Crippen LogP contribution in [0.4, 0.5) is 0 Å². The van der Waals surface area contributed by atoms with Gasteiger partial charge in [-0.1, -0.05) is 5.16 Å². The fraction of sp³-hybridized carbons (Fsp3) is 0.400. The monoisotopic (exact) mass is 478 g/mol. The van der Waals surface area contributed by atoms with Crippen molar-refractivity contribution in [3.8, 4) is 22.9 Å². The van der Waals surface area contributed by atoms with E-state index in [0.29, 0.717) is 24.0 Å².